The number of carbonyl (C=O) groups is 4. The van der Waals surface area contributed by atoms with Crippen LogP contribution < -0.4 is 21.3 Å². The number of H-pyrrole nitrogens is 2. The topological polar surface area (TPSA) is 237 Å². The average Bonchev–Trinajstić information content (AvgIpc) is 3.45. The number of nitrogens with two attached hydrogens (primary N) is 1. The molecule has 0 radical (unpaired) electrons. The van der Waals surface area contributed by atoms with Crippen LogP contribution in [-0.2, 0) is 30.6 Å². The van der Waals surface area contributed by atoms with Crippen molar-refractivity contribution < 1.29 is 38.8 Å². The van der Waals surface area contributed by atoms with Crippen molar-refractivity contribution in [2.45, 2.75) is 31.0 Å². The maximum absolute atomic E-state index is 13.2. The van der Waals surface area contributed by atoms with Crippen molar-refractivity contribution >= 4 is 80.3 Å². The smallest absolute Gasteiger partial charge is 0.352 e. The number of halogens is 1. The van der Waals surface area contributed by atoms with Gasteiger partial charge < -0.3 is 36.1 Å². The minimum Gasteiger partial charge on any atom is -0.478 e. The normalized spacial score (nSPS) is 19.5. The van der Waals surface area contributed by atoms with Gasteiger partial charge in [-0.05, 0) is 6.92 Å². The lowest BCUT2D eigenvalue weighted by Gasteiger charge is -2.49. The molecule has 1 fully saturated rings. The second-order valence-electron chi connectivity index (χ2n) is 8.84. The van der Waals surface area contributed by atoms with Crippen molar-refractivity contribution in [1.82, 2.24) is 25.2 Å². The molecule has 5 rings (SSSR count). The number of amides is 2. The van der Waals surface area contributed by atoms with E-state index in [1.807, 2.05) is 0 Å². The number of hydrogen-bond donors (Lipinski definition) is 6. The second-order valence-corrected chi connectivity index (χ2v) is 11.6. The van der Waals surface area contributed by atoms with Gasteiger partial charge in [-0.1, -0.05) is 28.1 Å². The molecule has 2 aliphatic rings. The summed E-state index contributed by atoms with van der Waals surface area (Å²) < 4.78 is 1.66. The quantitative estimate of drug-likeness (QED) is 0.0766. The van der Waals surface area contributed by atoms with Crippen LogP contribution in [0.25, 0.3) is 11.0 Å². The fourth-order valence-electron chi connectivity index (χ4n) is 4.19. The van der Waals surface area contributed by atoms with E-state index in [0.29, 0.717) is 16.6 Å². The van der Waals surface area contributed by atoms with Gasteiger partial charge in [-0.25, -0.2) is 19.4 Å². The summed E-state index contributed by atoms with van der Waals surface area (Å²) in [7, 11) is 0. The first-order valence-corrected chi connectivity index (χ1v) is 13.9. The fraction of sp³-hybridized carbons (Fsp3) is 0.273. The number of aromatic amines is 2. The van der Waals surface area contributed by atoms with Gasteiger partial charge in [0, 0.05) is 17.4 Å². The molecular formula is C22H20ClN8O8S2+. The third-order valence-electron chi connectivity index (χ3n) is 6.12. The lowest BCUT2D eigenvalue weighted by atomic mass is 10.0. The zero-order chi connectivity index (χ0) is 29.6. The van der Waals surface area contributed by atoms with Crippen LogP contribution in [0.15, 0.2) is 39.7 Å². The van der Waals surface area contributed by atoms with Crippen LogP contribution in [0.5, 0.6) is 0 Å². The van der Waals surface area contributed by atoms with Gasteiger partial charge in [0.25, 0.3) is 11.8 Å². The summed E-state index contributed by atoms with van der Waals surface area (Å²) >= 11 is 8.22. The molecule has 19 heteroatoms. The van der Waals surface area contributed by atoms with E-state index in [2.05, 4.69) is 25.4 Å². The molecule has 2 aliphatic heterocycles. The van der Waals surface area contributed by atoms with Gasteiger partial charge in [0.1, 0.15) is 32.7 Å². The molecule has 0 aliphatic carbocycles. The zero-order valence-corrected chi connectivity index (χ0v) is 23.2. The lowest BCUT2D eigenvalue weighted by molar-refractivity contribution is -0.687. The first-order chi connectivity index (χ1) is 19.4. The van der Waals surface area contributed by atoms with Crippen molar-refractivity contribution in [2.75, 3.05) is 11.5 Å². The SMILES string of the molecule is C[C@H](ON=C(C(=O)NC1C(=O)N2C(C(=O)O)=C(C[n+]3ccc4[nH]c(=O)[nH]c4c3)CSC12)c1nc(N)sc1Cl)C(=O)O. The van der Waals surface area contributed by atoms with Crippen molar-refractivity contribution in [2.24, 2.45) is 5.16 Å². The molecule has 214 valence electrons. The number of β-lactam (4-membered cyclic amide) rings is 1. The van der Waals surface area contributed by atoms with Crippen molar-refractivity contribution in [3.05, 3.63) is 50.2 Å². The van der Waals surface area contributed by atoms with Crippen LogP contribution in [0, 0.1) is 0 Å². The van der Waals surface area contributed by atoms with Crippen LogP contribution in [-0.4, -0.2) is 82.8 Å². The fourth-order valence-corrected chi connectivity index (χ4v) is 6.45. The number of carbonyl (C=O) groups excluding carboxylic acids is 2. The van der Waals surface area contributed by atoms with Gasteiger partial charge in [0.15, 0.2) is 29.8 Å². The highest BCUT2D eigenvalue weighted by Crippen LogP contribution is 2.40. The number of hydrogen-bond acceptors (Lipinski definition) is 11. The molecular weight excluding hydrogens is 604 g/mol. The van der Waals surface area contributed by atoms with E-state index >= 15 is 0 Å². The predicted molar refractivity (Wildman–Crippen MR) is 145 cm³/mol. The minimum absolute atomic E-state index is 0.00849. The number of carboxylic acids is 2. The predicted octanol–water partition coefficient (Wildman–Crippen LogP) is -0.532. The Hall–Kier alpha value is -4.42. The molecule has 0 aromatic carbocycles. The van der Waals surface area contributed by atoms with E-state index in [-0.39, 0.29) is 38.8 Å². The molecule has 7 N–H and O–H groups in total. The number of imidazole rings is 1. The number of thioether (sulfide) groups is 1. The standard InChI is InChI=1S/C22H19ClN8O8S2/c1-7(19(34)35)39-29-12(11-15(23)41-21(24)28-11)16(32)27-13-17(33)31-14(20(36)37)8(6-40-18(13)31)4-30-3-2-9-10(5-30)26-22(38)25-9/h2-3,5,7,13,18H,4,6H2,1H3,(H6,24,26,27,28,32,34,35,36,37,38)/p+1/t7-,13?,18?/m0/s1. The highest BCUT2D eigenvalue weighted by Gasteiger charge is 2.55. The Kier molecular flexibility index (Phi) is 7.45. The van der Waals surface area contributed by atoms with E-state index in [4.69, 9.17) is 27.3 Å². The molecule has 3 atom stereocenters. The van der Waals surface area contributed by atoms with Gasteiger partial charge in [0.05, 0.1) is 5.52 Å². The van der Waals surface area contributed by atoms with Crippen molar-refractivity contribution in [3.63, 3.8) is 0 Å². The van der Waals surface area contributed by atoms with E-state index < -0.39 is 47.0 Å². The van der Waals surface area contributed by atoms with Crippen LogP contribution in [0.4, 0.5) is 5.13 Å². The van der Waals surface area contributed by atoms with E-state index in [0.717, 1.165) is 16.2 Å². The van der Waals surface area contributed by atoms with Crippen molar-refractivity contribution in [1.29, 1.82) is 0 Å². The van der Waals surface area contributed by atoms with Gasteiger partial charge in [-0.3, -0.25) is 14.5 Å². The van der Waals surface area contributed by atoms with Crippen molar-refractivity contribution in [3.8, 4) is 0 Å². The third-order valence-corrected chi connectivity index (χ3v) is 8.54. The Morgan fingerprint density at radius 1 is 1.34 bits per heavy atom. The number of nitrogens with zero attached hydrogens (tertiary/aromatic N) is 4. The summed E-state index contributed by atoms with van der Waals surface area (Å²) in [6.07, 6.45) is 1.89. The van der Waals surface area contributed by atoms with Crippen LogP contribution in [0.1, 0.15) is 12.6 Å². The van der Waals surface area contributed by atoms with E-state index in [1.165, 1.54) is 18.7 Å². The molecule has 3 aromatic rings. The maximum atomic E-state index is 13.2. The lowest BCUT2D eigenvalue weighted by Crippen LogP contribution is -2.71. The number of fused-ring (bicyclic) bond motifs is 2. The number of nitrogen functional groups attached to an aromatic ring is 1. The average molecular weight is 624 g/mol. The van der Waals surface area contributed by atoms with E-state index in [1.54, 1.807) is 23.0 Å². The third kappa shape index (κ3) is 5.35. The van der Waals surface area contributed by atoms with Gasteiger partial charge in [-0.2, -0.15) is 4.57 Å². The summed E-state index contributed by atoms with van der Waals surface area (Å²) in [6, 6.07) is 0.532. The Morgan fingerprint density at radius 3 is 2.73 bits per heavy atom. The molecule has 2 amide bonds. The summed E-state index contributed by atoms with van der Waals surface area (Å²) in [5.74, 6) is -4.06. The number of pyridine rings is 1. The molecule has 41 heavy (non-hydrogen) atoms. The number of oxime groups is 1. The monoisotopic (exact) mass is 623 g/mol. The molecule has 1 saturated heterocycles. The van der Waals surface area contributed by atoms with Crippen LogP contribution >= 0.6 is 34.7 Å². The summed E-state index contributed by atoms with van der Waals surface area (Å²) in [5.41, 5.74) is 5.96. The molecule has 0 saturated carbocycles. The van der Waals surface area contributed by atoms with E-state index in [9.17, 15) is 29.1 Å². The number of thiazole rings is 1. The number of aliphatic carboxylic acids is 2. The zero-order valence-electron chi connectivity index (χ0n) is 20.8. The van der Waals surface area contributed by atoms with Gasteiger partial charge in [-0.15, -0.1) is 11.8 Å². The maximum Gasteiger partial charge on any atom is 0.352 e. The highest BCUT2D eigenvalue weighted by molar-refractivity contribution is 8.00. The summed E-state index contributed by atoms with van der Waals surface area (Å²) in [5, 5.41) is 24.4. The Bertz CT molecular complexity index is 1730. The minimum atomic E-state index is -1.42. The molecule has 0 bridgehead atoms. The van der Waals surface area contributed by atoms with Crippen LogP contribution in [0.2, 0.25) is 4.34 Å². The Labute approximate surface area is 241 Å². The highest BCUT2D eigenvalue weighted by atomic mass is 35.5. The summed E-state index contributed by atoms with van der Waals surface area (Å²) in [4.78, 5) is 76.5. The molecule has 3 aromatic heterocycles. The first-order valence-electron chi connectivity index (χ1n) is 11.6. The molecule has 16 nitrogen and oxygen atoms in total. The van der Waals surface area contributed by atoms with Crippen LogP contribution in [0.3, 0.4) is 0 Å². The summed E-state index contributed by atoms with van der Waals surface area (Å²) in [6.45, 7) is 1.32. The molecule has 2 unspecified atom stereocenters. The second kappa shape index (κ2) is 10.9. The van der Waals surface area contributed by atoms with Gasteiger partial charge in [0.2, 0.25) is 6.10 Å². The first kappa shape index (κ1) is 28.1. The number of aromatic nitrogens is 4. The number of nitrogens with one attached hydrogen (secondary N) is 3. The largest absolute Gasteiger partial charge is 0.478 e. The Balaban J connectivity index is 1.37. The molecule has 0 spiro atoms. The Morgan fingerprint density at radius 2 is 2.07 bits per heavy atom. The van der Waals surface area contributed by atoms with Gasteiger partial charge >= 0.3 is 17.6 Å². The number of carboxylic acid groups (broad SMARTS) is 2. The number of rotatable bonds is 9. The molecule has 5 heterocycles. The number of anilines is 1.